The number of aryl methyl sites for hydroxylation is 1. The van der Waals surface area contributed by atoms with E-state index in [-0.39, 0.29) is 5.56 Å². The lowest BCUT2D eigenvalue weighted by Gasteiger charge is -2.06. The van der Waals surface area contributed by atoms with Gasteiger partial charge in [0, 0.05) is 4.88 Å². The summed E-state index contributed by atoms with van der Waals surface area (Å²) in [5.41, 5.74) is 1.35. The monoisotopic (exact) mass is 281 g/mol. The fourth-order valence-electron chi connectivity index (χ4n) is 2.14. The molecule has 0 saturated carbocycles. The molecular weight excluding hydrogens is 270 g/mol. The first-order valence-electron chi connectivity index (χ1n) is 6.12. The van der Waals surface area contributed by atoms with E-state index in [1.165, 1.54) is 11.3 Å². The van der Waals surface area contributed by atoms with Gasteiger partial charge in [-0.15, -0.1) is 11.3 Å². The van der Waals surface area contributed by atoms with Crippen LogP contribution in [0.4, 0.5) is 0 Å². The van der Waals surface area contributed by atoms with Crippen LogP contribution in [0.3, 0.4) is 0 Å². The summed E-state index contributed by atoms with van der Waals surface area (Å²) in [5.74, 6) is 0. The summed E-state index contributed by atoms with van der Waals surface area (Å²) in [6.45, 7) is 2.32. The molecule has 0 radical (unpaired) electrons. The van der Waals surface area contributed by atoms with Crippen LogP contribution in [0.25, 0.3) is 10.2 Å². The largest absolute Gasteiger partial charge is 0.294 e. The zero-order valence-corrected chi connectivity index (χ0v) is 11.6. The molecule has 2 aromatic heterocycles. The third-order valence-electron chi connectivity index (χ3n) is 3.12. The van der Waals surface area contributed by atoms with E-state index in [2.05, 4.69) is 11.1 Å². The second kappa shape index (κ2) is 4.91. The van der Waals surface area contributed by atoms with Gasteiger partial charge >= 0.3 is 0 Å². The van der Waals surface area contributed by atoms with Gasteiger partial charge in [-0.25, -0.2) is 4.98 Å². The first-order chi connectivity index (χ1) is 9.69. The van der Waals surface area contributed by atoms with Crippen molar-refractivity contribution in [2.75, 3.05) is 0 Å². The highest BCUT2D eigenvalue weighted by Crippen LogP contribution is 2.19. The van der Waals surface area contributed by atoms with Crippen LogP contribution in [0.2, 0.25) is 0 Å². The number of fused-ring (bicyclic) bond motifs is 1. The summed E-state index contributed by atoms with van der Waals surface area (Å²) in [7, 11) is 0. The Bertz CT molecular complexity index is 886. The number of nitrogens with zero attached hydrogens (tertiary/aromatic N) is 3. The second-order valence-electron chi connectivity index (χ2n) is 4.52. The molecule has 0 spiro atoms. The van der Waals surface area contributed by atoms with E-state index in [4.69, 9.17) is 5.26 Å². The first kappa shape index (κ1) is 12.6. The van der Waals surface area contributed by atoms with E-state index < -0.39 is 0 Å². The number of hydrogen-bond acceptors (Lipinski definition) is 4. The molecule has 5 heteroatoms. The van der Waals surface area contributed by atoms with Crippen molar-refractivity contribution in [2.45, 2.75) is 13.5 Å². The fourth-order valence-corrected chi connectivity index (χ4v) is 2.98. The van der Waals surface area contributed by atoms with Gasteiger partial charge in [-0.2, -0.15) is 5.26 Å². The molecule has 4 nitrogen and oxygen atoms in total. The van der Waals surface area contributed by atoms with Gasteiger partial charge in [0.05, 0.1) is 29.9 Å². The Morgan fingerprint density at radius 2 is 2.20 bits per heavy atom. The summed E-state index contributed by atoms with van der Waals surface area (Å²) < 4.78 is 1.55. The molecule has 0 fully saturated rings. The van der Waals surface area contributed by atoms with Crippen LogP contribution >= 0.6 is 11.3 Å². The summed E-state index contributed by atoms with van der Waals surface area (Å²) in [5, 5.41) is 9.73. The van der Waals surface area contributed by atoms with E-state index in [1.54, 1.807) is 17.0 Å². The summed E-state index contributed by atoms with van der Waals surface area (Å²) >= 11 is 1.51. The van der Waals surface area contributed by atoms with Crippen molar-refractivity contribution in [3.8, 4) is 6.07 Å². The number of thiophene rings is 1. The number of nitriles is 1. The molecular formula is C15H11N3OS. The van der Waals surface area contributed by atoms with E-state index in [9.17, 15) is 4.79 Å². The molecule has 2 heterocycles. The molecule has 98 valence electrons. The maximum absolute atomic E-state index is 12.4. The Morgan fingerprint density at radius 1 is 1.40 bits per heavy atom. The van der Waals surface area contributed by atoms with Crippen LogP contribution in [0.5, 0.6) is 0 Å². The average molecular weight is 281 g/mol. The minimum Gasteiger partial charge on any atom is -0.294 e. The molecule has 3 rings (SSSR count). The zero-order chi connectivity index (χ0) is 14.1. The van der Waals surface area contributed by atoms with Crippen molar-refractivity contribution in [2.24, 2.45) is 0 Å². The summed E-state index contributed by atoms with van der Waals surface area (Å²) in [6, 6.07) is 11.3. The molecule has 0 bridgehead atoms. The van der Waals surface area contributed by atoms with E-state index in [0.29, 0.717) is 17.5 Å². The Morgan fingerprint density at radius 3 is 3.00 bits per heavy atom. The number of rotatable bonds is 2. The predicted molar refractivity (Wildman–Crippen MR) is 78.9 cm³/mol. The molecule has 20 heavy (non-hydrogen) atoms. The van der Waals surface area contributed by atoms with Gasteiger partial charge in [-0.3, -0.25) is 9.36 Å². The first-order valence-corrected chi connectivity index (χ1v) is 6.94. The number of hydrogen-bond donors (Lipinski definition) is 0. The normalized spacial score (nSPS) is 10.6. The standard InChI is InChI=1S/C15H11N3OS/c1-10-6-13-14(20-10)17-9-18(15(13)19)8-12-5-3-2-4-11(12)7-16/h2-6,9H,8H2,1H3. The smallest absolute Gasteiger partial charge is 0.262 e. The van der Waals surface area contributed by atoms with Gasteiger partial charge in [0.2, 0.25) is 0 Å². The van der Waals surface area contributed by atoms with Gasteiger partial charge in [-0.1, -0.05) is 18.2 Å². The maximum Gasteiger partial charge on any atom is 0.262 e. The van der Waals surface area contributed by atoms with Crippen molar-refractivity contribution < 1.29 is 0 Å². The molecule has 0 N–H and O–H groups in total. The van der Waals surface area contributed by atoms with Crippen molar-refractivity contribution in [1.82, 2.24) is 9.55 Å². The molecule has 3 aromatic rings. The van der Waals surface area contributed by atoms with Gasteiger partial charge in [0.1, 0.15) is 4.83 Å². The molecule has 0 aliphatic heterocycles. The molecule has 0 unspecified atom stereocenters. The second-order valence-corrected chi connectivity index (χ2v) is 5.76. The third kappa shape index (κ3) is 2.10. The third-order valence-corrected chi connectivity index (χ3v) is 4.08. The van der Waals surface area contributed by atoms with Gasteiger partial charge < -0.3 is 0 Å². The van der Waals surface area contributed by atoms with Crippen LogP contribution in [-0.4, -0.2) is 9.55 Å². The Hall–Kier alpha value is -2.45. The Labute approximate surface area is 119 Å². The minimum atomic E-state index is -0.0629. The van der Waals surface area contributed by atoms with Crippen LogP contribution < -0.4 is 5.56 Å². The predicted octanol–water partition coefficient (Wildman–Crippen LogP) is 2.69. The lowest BCUT2D eigenvalue weighted by Crippen LogP contribution is -2.20. The van der Waals surface area contributed by atoms with Crippen LogP contribution in [0, 0.1) is 18.3 Å². The van der Waals surface area contributed by atoms with Crippen molar-refractivity contribution in [3.05, 3.63) is 63.0 Å². The van der Waals surface area contributed by atoms with Crippen molar-refractivity contribution >= 4 is 21.6 Å². The topological polar surface area (TPSA) is 58.7 Å². The highest BCUT2D eigenvalue weighted by Gasteiger charge is 2.09. The van der Waals surface area contributed by atoms with Gasteiger partial charge in [-0.05, 0) is 24.6 Å². The molecule has 0 aliphatic rings. The van der Waals surface area contributed by atoms with Crippen molar-refractivity contribution in [3.63, 3.8) is 0 Å². The molecule has 0 saturated heterocycles. The molecule has 0 aliphatic carbocycles. The molecule has 0 amide bonds. The van der Waals surface area contributed by atoms with E-state index in [0.717, 1.165) is 15.3 Å². The number of benzene rings is 1. The molecule has 1 aromatic carbocycles. The van der Waals surface area contributed by atoms with Crippen molar-refractivity contribution in [1.29, 1.82) is 5.26 Å². The quantitative estimate of drug-likeness (QED) is 0.725. The summed E-state index contributed by atoms with van der Waals surface area (Å²) in [4.78, 5) is 18.5. The Balaban J connectivity index is 2.10. The molecule has 0 atom stereocenters. The SMILES string of the molecule is Cc1cc2c(=O)n(Cc3ccccc3C#N)cnc2s1. The van der Waals surface area contributed by atoms with E-state index >= 15 is 0 Å². The zero-order valence-electron chi connectivity index (χ0n) is 10.8. The lowest BCUT2D eigenvalue weighted by molar-refractivity contribution is 0.748. The van der Waals surface area contributed by atoms with Crippen LogP contribution in [0.1, 0.15) is 16.0 Å². The average Bonchev–Trinajstić information content (AvgIpc) is 2.84. The highest BCUT2D eigenvalue weighted by atomic mass is 32.1. The minimum absolute atomic E-state index is 0.0629. The van der Waals surface area contributed by atoms with E-state index in [1.807, 2.05) is 31.2 Å². The van der Waals surface area contributed by atoms with Crippen LogP contribution in [0.15, 0.2) is 41.5 Å². The summed E-state index contributed by atoms with van der Waals surface area (Å²) in [6.07, 6.45) is 1.55. The lowest BCUT2D eigenvalue weighted by atomic mass is 10.1. The van der Waals surface area contributed by atoms with Gasteiger partial charge in [0.25, 0.3) is 5.56 Å². The Kier molecular flexibility index (Phi) is 3.09. The van der Waals surface area contributed by atoms with Crippen LogP contribution in [-0.2, 0) is 6.54 Å². The maximum atomic E-state index is 12.4. The number of aromatic nitrogens is 2. The van der Waals surface area contributed by atoms with Gasteiger partial charge in [0.15, 0.2) is 0 Å². The fraction of sp³-hybridized carbons (Fsp3) is 0.133. The highest BCUT2D eigenvalue weighted by molar-refractivity contribution is 7.18.